The van der Waals surface area contributed by atoms with E-state index in [4.69, 9.17) is 5.53 Å². The van der Waals surface area contributed by atoms with Crippen LogP contribution in [0.5, 0.6) is 0 Å². The summed E-state index contributed by atoms with van der Waals surface area (Å²) in [5, 5.41) is 0. The number of hydrogen-bond donors (Lipinski definition) is 0. The molecule has 0 aliphatic heterocycles. The number of carbonyl (C=O) groups excluding carboxylic acids is 2. The number of rotatable bonds is 8. The van der Waals surface area contributed by atoms with Crippen molar-refractivity contribution in [2.24, 2.45) is 0 Å². The minimum atomic E-state index is -0.545. The second kappa shape index (κ2) is 9.30. The van der Waals surface area contributed by atoms with E-state index in [2.05, 4.69) is 4.79 Å². The molecule has 0 aliphatic rings. The Labute approximate surface area is 147 Å². The van der Waals surface area contributed by atoms with Gasteiger partial charge in [-0.15, -0.1) is 0 Å². The average molecular weight is 335 g/mol. The molecule has 2 aromatic rings. The van der Waals surface area contributed by atoms with E-state index < -0.39 is 17.4 Å². The Morgan fingerprint density at radius 1 is 0.880 bits per heavy atom. The van der Waals surface area contributed by atoms with Crippen molar-refractivity contribution in [2.45, 2.75) is 19.8 Å². The number of nitrogens with zero attached hydrogens (tertiary/aromatic N) is 3. The molecule has 0 atom stereocenters. The Kier molecular flexibility index (Phi) is 6.81. The van der Waals surface area contributed by atoms with E-state index >= 15 is 0 Å². The summed E-state index contributed by atoms with van der Waals surface area (Å²) in [7, 11) is 0. The standard InChI is InChI=1S/C20H21N3O2/c1-16(24)19(22-21)20(25)23(14-12-17-8-4-2-5-9-17)15-13-18-10-6-3-7-11-18/h2-11H,12-15H2,1H3. The van der Waals surface area contributed by atoms with Gasteiger partial charge in [-0.1, -0.05) is 60.7 Å². The van der Waals surface area contributed by atoms with Gasteiger partial charge in [0.05, 0.1) is 0 Å². The van der Waals surface area contributed by atoms with Crippen molar-refractivity contribution in [2.75, 3.05) is 13.1 Å². The maximum atomic E-state index is 12.6. The molecule has 0 radical (unpaired) electrons. The molecule has 1 amide bonds. The van der Waals surface area contributed by atoms with Crippen molar-refractivity contribution < 1.29 is 14.4 Å². The molecule has 5 heteroatoms. The lowest BCUT2D eigenvalue weighted by atomic mass is 10.1. The molecule has 0 saturated heterocycles. The van der Waals surface area contributed by atoms with Gasteiger partial charge in [-0.25, -0.2) is 0 Å². The predicted octanol–water partition coefficient (Wildman–Crippen LogP) is 2.56. The fourth-order valence-corrected chi connectivity index (χ4v) is 2.55. The van der Waals surface area contributed by atoms with E-state index in [9.17, 15) is 9.59 Å². The van der Waals surface area contributed by atoms with Crippen LogP contribution in [0.4, 0.5) is 0 Å². The van der Waals surface area contributed by atoms with Crippen molar-refractivity contribution in [3.63, 3.8) is 0 Å². The summed E-state index contributed by atoms with van der Waals surface area (Å²) < 4.78 is 0. The van der Waals surface area contributed by atoms with Gasteiger partial charge in [-0.2, -0.15) is 4.79 Å². The lowest BCUT2D eigenvalue weighted by Crippen LogP contribution is -2.42. The summed E-state index contributed by atoms with van der Waals surface area (Å²) in [5.74, 6) is -1.08. The Morgan fingerprint density at radius 2 is 1.32 bits per heavy atom. The monoisotopic (exact) mass is 335 g/mol. The number of hydrogen-bond acceptors (Lipinski definition) is 2. The number of benzene rings is 2. The third-order valence-electron chi connectivity index (χ3n) is 3.95. The van der Waals surface area contributed by atoms with Gasteiger partial charge in [-0.3, -0.25) is 9.59 Å². The molecule has 0 heterocycles. The van der Waals surface area contributed by atoms with Crippen LogP contribution in [0, 0.1) is 0 Å². The molecule has 2 aromatic carbocycles. The highest BCUT2D eigenvalue weighted by molar-refractivity contribution is 6.63. The molecule has 0 saturated carbocycles. The first-order valence-corrected chi connectivity index (χ1v) is 8.22. The number of Topliss-reactive ketones (excluding diaryl/α,β-unsaturated/α-hetero) is 1. The summed E-state index contributed by atoms with van der Waals surface area (Å²) in [6.07, 6.45) is 1.33. The summed E-state index contributed by atoms with van der Waals surface area (Å²) >= 11 is 0. The van der Waals surface area contributed by atoms with E-state index in [0.29, 0.717) is 25.9 Å². The highest BCUT2D eigenvalue weighted by Gasteiger charge is 2.30. The fourth-order valence-electron chi connectivity index (χ4n) is 2.55. The van der Waals surface area contributed by atoms with E-state index in [-0.39, 0.29) is 0 Å². The molecule has 5 nitrogen and oxygen atoms in total. The fraction of sp³-hybridized carbons (Fsp3) is 0.250. The van der Waals surface area contributed by atoms with E-state index in [1.54, 1.807) is 4.90 Å². The van der Waals surface area contributed by atoms with Gasteiger partial charge in [0, 0.05) is 20.0 Å². The first kappa shape index (κ1) is 18.3. The Balaban J connectivity index is 2.10. The molecule has 128 valence electrons. The zero-order chi connectivity index (χ0) is 18.1. The van der Waals surface area contributed by atoms with E-state index in [1.165, 1.54) is 6.92 Å². The summed E-state index contributed by atoms with van der Waals surface area (Å²) in [6, 6.07) is 19.6. The van der Waals surface area contributed by atoms with E-state index in [0.717, 1.165) is 11.1 Å². The third-order valence-corrected chi connectivity index (χ3v) is 3.95. The van der Waals surface area contributed by atoms with Crippen LogP contribution in [0.1, 0.15) is 18.1 Å². The molecule has 0 N–H and O–H groups in total. The van der Waals surface area contributed by atoms with Gasteiger partial charge in [0.1, 0.15) is 0 Å². The van der Waals surface area contributed by atoms with Gasteiger partial charge < -0.3 is 10.4 Å². The Bertz CT molecular complexity index is 723. The van der Waals surface area contributed by atoms with Gasteiger partial charge in [-0.05, 0) is 24.0 Å². The van der Waals surface area contributed by atoms with Crippen LogP contribution in [0.25, 0.3) is 5.53 Å². The normalized spacial score (nSPS) is 9.96. The van der Waals surface area contributed by atoms with Crippen molar-refractivity contribution in [3.05, 3.63) is 77.3 Å². The molecule has 0 spiro atoms. The van der Waals surface area contributed by atoms with Crippen LogP contribution in [0.15, 0.2) is 60.7 Å². The molecular weight excluding hydrogens is 314 g/mol. The van der Waals surface area contributed by atoms with Crippen molar-refractivity contribution in [1.29, 1.82) is 0 Å². The molecular formula is C20H21N3O2. The summed E-state index contributed by atoms with van der Waals surface area (Å²) in [4.78, 5) is 28.6. The first-order valence-electron chi connectivity index (χ1n) is 8.22. The minimum absolute atomic E-state index is 0.430. The van der Waals surface area contributed by atoms with Crippen LogP contribution in [-0.2, 0) is 22.4 Å². The zero-order valence-corrected chi connectivity index (χ0v) is 14.3. The second-order valence-corrected chi connectivity index (χ2v) is 5.77. The quantitative estimate of drug-likeness (QED) is 0.322. The van der Waals surface area contributed by atoms with Gasteiger partial charge in [0.25, 0.3) is 0 Å². The first-order chi connectivity index (χ1) is 12.1. The molecule has 0 fully saturated rings. The van der Waals surface area contributed by atoms with Crippen LogP contribution in [-0.4, -0.2) is 40.2 Å². The number of amides is 1. The smallest absolute Gasteiger partial charge is 0.360 e. The predicted molar refractivity (Wildman–Crippen MR) is 96.2 cm³/mol. The van der Waals surface area contributed by atoms with Gasteiger partial charge in [0.15, 0.2) is 0 Å². The lowest BCUT2D eigenvalue weighted by molar-refractivity contribution is -0.131. The minimum Gasteiger partial charge on any atom is -0.360 e. The highest BCUT2D eigenvalue weighted by atomic mass is 16.2. The van der Waals surface area contributed by atoms with Crippen molar-refractivity contribution in [3.8, 4) is 0 Å². The average Bonchev–Trinajstić information content (AvgIpc) is 2.63. The van der Waals surface area contributed by atoms with E-state index in [1.807, 2.05) is 60.7 Å². The molecule has 2 rings (SSSR count). The number of carbonyl (C=O) groups is 2. The Hall–Kier alpha value is -3.04. The maximum absolute atomic E-state index is 12.6. The molecule has 0 bridgehead atoms. The number of ketones is 1. The highest BCUT2D eigenvalue weighted by Crippen LogP contribution is 2.06. The van der Waals surface area contributed by atoms with Crippen LogP contribution in [0.3, 0.4) is 0 Å². The maximum Gasteiger partial charge on any atom is 0.421 e. The summed E-state index contributed by atoms with van der Waals surface area (Å²) in [6.45, 7) is 2.11. The topological polar surface area (TPSA) is 73.8 Å². The Morgan fingerprint density at radius 3 is 1.68 bits per heavy atom. The molecule has 25 heavy (non-hydrogen) atoms. The van der Waals surface area contributed by atoms with Crippen LogP contribution < -0.4 is 0 Å². The molecule has 0 aliphatic carbocycles. The SMILES string of the molecule is CC(=O)C(=[N+]=[N-])C(=O)N(CCc1ccccc1)CCc1ccccc1. The molecule has 0 unspecified atom stereocenters. The van der Waals surface area contributed by atoms with Crippen molar-refractivity contribution in [1.82, 2.24) is 4.90 Å². The van der Waals surface area contributed by atoms with Crippen LogP contribution in [0.2, 0.25) is 0 Å². The summed E-state index contributed by atoms with van der Waals surface area (Å²) in [5.41, 5.74) is 10.8. The van der Waals surface area contributed by atoms with Crippen molar-refractivity contribution >= 4 is 17.4 Å². The largest absolute Gasteiger partial charge is 0.421 e. The zero-order valence-electron chi connectivity index (χ0n) is 14.3. The van der Waals surface area contributed by atoms with Gasteiger partial charge >= 0.3 is 11.6 Å². The molecule has 0 aromatic heterocycles. The third kappa shape index (κ3) is 5.52. The van der Waals surface area contributed by atoms with Crippen LogP contribution >= 0.6 is 0 Å². The van der Waals surface area contributed by atoms with Gasteiger partial charge in [0.2, 0.25) is 5.78 Å². The lowest BCUT2D eigenvalue weighted by Gasteiger charge is -2.20. The second-order valence-electron chi connectivity index (χ2n) is 5.77.